The van der Waals surface area contributed by atoms with Crippen LogP contribution in [-0.4, -0.2) is 37.4 Å². The van der Waals surface area contributed by atoms with Gasteiger partial charge in [-0.1, -0.05) is 48.5 Å². The van der Waals surface area contributed by atoms with E-state index in [9.17, 15) is 9.59 Å². The fraction of sp³-hybridized carbons (Fsp3) is 0.348. The van der Waals surface area contributed by atoms with E-state index in [2.05, 4.69) is 26.3 Å². The van der Waals surface area contributed by atoms with E-state index >= 15 is 0 Å². The number of hydrogen-bond acceptors (Lipinski definition) is 3. The van der Waals surface area contributed by atoms with Crippen LogP contribution in [0.3, 0.4) is 0 Å². The van der Waals surface area contributed by atoms with Crippen molar-refractivity contribution in [2.45, 2.75) is 32.2 Å². The van der Waals surface area contributed by atoms with Gasteiger partial charge in [0.05, 0.1) is 6.54 Å². The van der Waals surface area contributed by atoms with Gasteiger partial charge < -0.3 is 21.3 Å². The highest BCUT2D eigenvalue weighted by Gasteiger charge is 2.24. The fourth-order valence-electron chi connectivity index (χ4n) is 3.39. The summed E-state index contributed by atoms with van der Waals surface area (Å²) in [4.78, 5) is 28.7. The SMILES string of the molecule is CCNC(=NCC1CC(=O)Nc2ccccc21)NCCC(=O)NCc1ccccc1. The number of para-hydroxylation sites is 1. The van der Waals surface area contributed by atoms with E-state index in [4.69, 9.17) is 0 Å². The second kappa shape index (κ2) is 11.0. The first-order valence-electron chi connectivity index (χ1n) is 10.4. The number of carbonyl (C=O) groups is 2. The summed E-state index contributed by atoms with van der Waals surface area (Å²) >= 11 is 0. The van der Waals surface area contributed by atoms with Crippen molar-refractivity contribution >= 4 is 23.5 Å². The molecule has 4 N–H and O–H groups in total. The lowest BCUT2D eigenvalue weighted by Crippen LogP contribution is -2.39. The summed E-state index contributed by atoms with van der Waals surface area (Å²) in [7, 11) is 0. The monoisotopic (exact) mass is 407 g/mol. The normalized spacial score (nSPS) is 15.7. The summed E-state index contributed by atoms with van der Waals surface area (Å²) in [5.74, 6) is 0.693. The number of nitrogens with one attached hydrogen (secondary N) is 4. The van der Waals surface area contributed by atoms with E-state index in [0.29, 0.717) is 45.0 Å². The molecule has 1 unspecified atom stereocenters. The third kappa shape index (κ3) is 6.34. The van der Waals surface area contributed by atoms with Crippen LogP contribution in [0.1, 0.15) is 36.8 Å². The van der Waals surface area contributed by atoms with Gasteiger partial charge in [0, 0.05) is 44.1 Å². The van der Waals surface area contributed by atoms with Crippen LogP contribution >= 0.6 is 0 Å². The number of guanidine groups is 1. The molecular weight excluding hydrogens is 378 g/mol. The van der Waals surface area contributed by atoms with Crippen LogP contribution in [0.25, 0.3) is 0 Å². The Morgan fingerprint density at radius 3 is 2.63 bits per heavy atom. The Labute approximate surface area is 177 Å². The standard InChI is InChI=1S/C23H29N5O2/c1-2-24-23(25-13-12-21(29)26-15-17-8-4-3-5-9-17)27-16-18-14-22(30)28-20-11-7-6-10-19(18)20/h3-11,18H,2,12-16H2,1H3,(H,26,29)(H,28,30)(H2,24,25,27). The van der Waals surface area contributed by atoms with Crippen LogP contribution in [0.2, 0.25) is 0 Å². The second-order valence-corrected chi connectivity index (χ2v) is 7.20. The first-order valence-corrected chi connectivity index (χ1v) is 10.4. The largest absolute Gasteiger partial charge is 0.357 e. The van der Waals surface area contributed by atoms with Crippen molar-refractivity contribution in [2.24, 2.45) is 4.99 Å². The predicted molar refractivity (Wildman–Crippen MR) is 119 cm³/mol. The predicted octanol–water partition coefficient (Wildman–Crippen LogP) is 2.37. The van der Waals surface area contributed by atoms with E-state index < -0.39 is 0 Å². The molecule has 0 saturated carbocycles. The topological polar surface area (TPSA) is 94.6 Å². The Hall–Kier alpha value is -3.35. The van der Waals surface area contributed by atoms with Crippen molar-refractivity contribution in [3.8, 4) is 0 Å². The van der Waals surface area contributed by atoms with Crippen LogP contribution in [0, 0.1) is 0 Å². The van der Waals surface area contributed by atoms with Crippen molar-refractivity contribution in [2.75, 3.05) is 25.0 Å². The molecule has 0 fully saturated rings. The third-order valence-corrected chi connectivity index (χ3v) is 4.90. The highest BCUT2D eigenvalue weighted by molar-refractivity contribution is 5.94. The number of benzene rings is 2. The van der Waals surface area contributed by atoms with Gasteiger partial charge >= 0.3 is 0 Å². The molecule has 0 radical (unpaired) electrons. The number of nitrogens with zero attached hydrogens (tertiary/aromatic N) is 1. The molecule has 2 aromatic rings. The molecule has 7 heteroatoms. The molecule has 0 aromatic heterocycles. The summed E-state index contributed by atoms with van der Waals surface area (Å²) in [6.45, 7) is 4.21. The Morgan fingerprint density at radius 2 is 1.83 bits per heavy atom. The van der Waals surface area contributed by atoms with E-state index in [1.165, 1.54) is 0 Å². The summed E-state index contributed by atoms with van der Waals surface area (Å²) in [6.07, 6.45) is 0.772. The van der Waals surface area contributed by atoms with E-state index in [1.54, 1.807) is 0 Å². The van der Waals surface area contributed by atoms with Crippen molar-refractivity contribution in [3.63, 3.8) is 0 Å². The fourth-order valence-corrected chi connectivity index (χ4v) is 3.39. The molecule has 2 aromatic carbocycles. The van der Waals surface area contributed by atoms with Crippen molar-refractivity contribution < 1.29 is 9.59 Å². The zero-order chi connectivity index (χ0) is 21.2. The first kappa shape index (κ1) is 21.4. The van der Waals surface area contributed by atoms with Crippen LogP contribution < -0.4 is 21.3 Å². The van der Waals surface area contributed by atoms with Crippen molar-refractivity contribution in [1.29, 1.82) is 0 Å². The van der Waals surface area contributed by atoms with Crippen molar-refractivity contribution in [3.05, 3.63) is 65.7 Å². The minimum Gasteiger partial charge on any atom is -0.357 e. The average molecular weight is 408 g/mol. The molecule has 1 aliphatic heterocycles. The first-order chi connectivity index (χ1) is 14.7. The molecule has 7 nitrogen and oxygen atoms in total. The average Bonchev–Trinajstić information content (AvgIpc) is 2.76. The van der Waals surface area contributed by atoms with Gasteiger partial charge in [0.1, 0.15) is 0 Å². The molecule has 0 bridgehead atoms. The molecule has 30 heavy (non-hydrogen) atoms. The van der Waals surface area contributed by atoms with E-state index in [0.717, 1.165) is 16.8 Å². The highest BCUT2D eigenvalue weighted by Crippen LogP contribution is 2.31. The number of rotatable bonds is 8. The molecular formula is C23H29N5O2. The molecule has 3 rings (SSSR count). The maximum atomic E-state index is 12.1. The number of carbonyl (C=O) groups excluding carboxylic acids is 2. The van der Waals surface area contributed by atoms with Gasteiger partial charge in [-0.2, -0.15) is 0 Å². The number of anilines is 1. The molecule has 0 spiro atoms. The molecule has 1 aliphatic rings. The Balaban J connectivity index is 1.49. The molecule has 0 saturated heterocycles. The van der Waals surface area contributed by atoms with Gasteiger partial charge in [-0.25, -0.2) is 0 Å². The van der Waals surface area contributed by atoms with Crippen LogP contribution in [0.15, 0.2) is 59.6 Å². The smallest absolute Gasteiger partial charge is 0.225 e. The van der Waals surface area contributed by atoms with Gasteiger partial charge in [-0.15, -0.1) is 0 Å². The third-order valence-electron chi connectivity index (χ3n) is 4.90. The molecule has 0 aliphatic carbocycles. The molecule has 1 heterocycles. The van der Waals surface area contributed by atoms with Gasteiger partial charge in [0.15, 0.2) is 5.96 Å². The molecule has 2 amide bonds. The van der Waals surface area contributed by atoms with Crippen molar-refractivity contribution in [1.82, 2.24) is 16.0 Å². The van der Waals surface area contributed by atoms with Crippen LogP contribution in [0.4, 0.5) is 5.69 Å². The number of hydrogen-bond donors (Lipinski definition) is 4. The zero-order valence-electron chi connectivity index (χ0n) is 17.3. The zero-order valence-corrected chi connectivity index (χ0v) is 17.3. The lowest BCUT2D eigenvalue weighted by molar-refractivity contribution is -0.121. The van der Waals surface area contributed by atoms with Gasteiger partial charge in [-0.3, -0.25) is 14.6 Å². The lowest BCUT2D eigenvalue weighted by Gasteiger charge is -2.24. The maximum Gasteiger partial charge on any atom is 0.225 e. The van der Waals surface area contributed by atoms with Gasteiger partial charge in [0.2, 0.25) is 11.8 Å². The van der Waals surface area contributed by atoms with E-state index in [-0.39, 0.29) is 17.7 Å². The highest BCUT2D eigenvalue weighted by atomic mass is 16.2. The van der Waals surface area contributed by atoms with Crippen LogP contribution in [-0.2, 0) is 16.1 Å². The van der Waals surface area contributed by atoms with Crippen LogP contribution in [0.5, 0.6) is 0 Å². The Bertz CT molecular complexity index is 882. The summed E-state index contributed by atoms with van der Waals surface area (Å²) in [6, 6.07) is 17.7. The quantitative estimate of drug-likeness (QED) is 0.399. The molecule has 1 atom stereocenters. The minimum absolute atomic E-state index is 0.0138. The minimum atomic E-state index is -0.0138. The van der Waals surface area contributed by atoms with E-state index in [1.807, 2.05) is 61.5 Å². The summed E-state index contributed by atoms with van der Waals surface area (Å²) in [5, 5.41) is 12.2. The number of amides is 2. The molecule has 158 valence electrons. The Kier molecular flexibility index (Phi) is 7.83. The Morgan fingerprint density at radius 1 is 1.07 bits per heavy atom. The maximum absolute atomic E-state index is 12.1. The summed E-state index contributed by atoms with van der Waals surface area (Å²) in [5.41, 5.74) is 3.05. The van der Waals surface area contributed by atoms with Gasteiger partial charge in [0.25, 0.3) is 0 Å². The lowest BCUT2D eigenvalue weighted by atomic mass is 9.91. The number of aliphatic imine (C=N–C) groups is 1. The second-order valence-electron chi connectivity index (χ2n) is 7.20. The summed E-state index contributed by atoms with van der Waals surface area (Å²) < 4.78 is 0. The van der Waals surface area contributed by atoms with Gasteiger partial charge in [-0.05, 0) is 24.1 Å². The number of fused-ring (bicyclic) bond motifs is 1.